The topological polar surface area (TPSA) is 41.9 Å². The SMILES string of the molecule is CCc1cc(CNCCNC(C)C)n(CC)n1. The normalized spacial score (nSPS) is 11.4. The van der Waals surface area contributed by atoms with Crippen LogP contribution in [0.15, 0.2) is 6.07 Å². The maximum Gasteiger partial charge on any atom is 0.0625 e. The average Bonchev–Trinajstić information content (AvgIpc) is 2.70. The molecule has 1 aromatic rings. The Balaban J connectivity index is 2.32. The second-order valence-corrected chi connectivity index (χ2v) is 4.58. The van der Waals surface area contributed by atoms with E-state index in [2.05, 4.69) is 54.2 Å². The van der Waals surface area contributed by atoms with Crippen molar-refractivity contribution in [2.45, 2.75) is 53.2 Å². The van der Waals surface area contributed by atoms with E-state index in [1.165, 1.54) is 11.4 Å². The van der Waals surface area contributed by atoms with Crippen LogP contribution in [0.2, 0.25) is 0 Å². The van der Waals surface area contributed by atoms with E-state index in [1.54, 1.807) is 0 Å². The molecule has 2 N–H and O–H groups in total. The summed E-state index contributed by atoms with van der Waals surface area (Å²) in [5, 5.41) is 11.4. The second-order valence-electron chi connectivity index (χ2n) is 4.58. The highest BCUT2D eigenvalue weighted by atomic mass is 15.3. The molecule has 17 heavy (non-hydrogen) atoms. The van der Waals surface area contributed by atoms with Gasteiger partial charge in [-0.15, -0.1) is 0 Å². The number of hydrogen-bond acceptors (Lipinski definition) is 3. The molecule has 0 atom stereocenters. The van der Waals surface area contributed by atoms with Gasteiger partial charge in [0.2, 0.25) is 0 Å². The zero-order valence-corrected chi connectivity index (χ0v) is 11.6. The molecule has 1 rings (SSSR count). The van der Waals surface area contributed by atoms with Crippen molar-refractivity contribution in [3.05, 3.63) is 17.5 Å². The average molecular weight is 238 g/mol. The van der Waals surface area contributed by atoms with Gasteiger partial charge >= 0.3 is 0 Å². The molecule has 4 nitrogen and oxygen atoms in total. The van der Waals surface area contributed by atoms with Crippen molar-refractivity contribution in [1.82, 2.24) is 20.4 Å². The van der Waals surface area contributed by atoms with E-state index in [1.807, 2.05) is 0 Å². The van der Waals surface area contributed by atoms with Crippen LogP contribution < -0.4 is 10.6 Å². The second kappa shape index (κ2) is 7.45. The highest BCUT2D eigenvalue weighted by molar-refractivity contribution is 5.10. The summed E-state index contributed by atoms with van der Waals surface area (Å²) in [7, 11) is 0. The van der Waals surface area contributed by atoms with E-state index in [0.717, 1.165) is 32.6 Å². The lowest BCUT2D eigenvalue weighted by molar-refractivity contribution is 0.537. The predicted molar refractivity (Wildman–Crippen MR) is 72.1 cm³/mol. The van der Waals surface area contributed by atoms with Crippen LogP contribution in [-0.2, 0) is 19.5 Å². The van der Waals surface area contributed by atoms with E-state index in [4.69, 9.17) is 0 Å². The Morgan fingerprint density at radius 2 is 2.06 bits per heavy atom. The molecule has 0 aromatic carbocycles. The van der Waals surface area contributed by atoms with Gasteiger partial charge in [0.1, 0.15) is 0 Å². The van der Waals surface area contributed by atoms with Crippen LogP contribution in [0.3, 0.4) is 0 Å². The van der Waals surface area contributed by atoms with E-state index in [9.17, 15) is 0 Å². The Hall–Kier alpha value is -0.870. The van der Waals surface area contributed by atoms with Crippen LogP contribution >= 0.6 is 0 Å². The molecular weight excluding hydrogens is 212 g/mol. The molecule has 0 fully saturated rings. The van der Waals surface area contributed by atoms with E-state index in [-0.39, 0.29) is 0 Å². The molecule has 0 bridgehead atoms. The lowest BCUT2D eigenvalue weighted by atomic mass is 10.3. The van der Waals surface area contributed by atoms with Crippen molar-refractivity contribution in [1.29, 1.82) is 0 Å². The van der Waals surface area contributed by atoms with Crippen molar-refractivity contribution in [3.8, 4) is 0 Å². The fraction of sp³-hybridized carbons (Fsp3) is 0.769. The summed E-state index contributed by atoms with van der Waals surface area (Å²) < 4.78 is 2.09. The summed E-state index contributed by atoms with van der Waals surface area (Å²) in [5.41, 5.74) is 2.47. The van der Waals surface area contributed by atoms with Gasteiger partial charge in [-0.2, -0.15) is 5.10 Å². The fourth-order valence-corrected chi connectivity index (χ4v) is 1.77. The summed E-state index contributed by atoms with van der Waals surface area (Å²) in [4.78, 5) is 0. The minimum Gasteiger partial charge on any atom is -0.313 e. The summed E-state index contributed by atoms with van der Waals surface area (Å²) in [5.74, 6) is 0. The molecule has 4 heteroatoms. The first-order valence-corrected chi connectivity index (χ1v) is 6.67. The van der Waals surface area contributed by atoms with Crippen LogP contribution in [-0.4, -0.2) is 28.9 Å². The Morgan fingerprint density at radius 1 is 1.29 bits per heavy atom. The van der Waals surface area contributed by atoms with Gasteiger partial charge < -0.3 is 10.6 Å². The first kappa shape index (κ1) is 14.2. The highest BCUT2D eigenvalue weighted by Gasteiger charge is 2.04. The molecule has 0 saturated carbocycles. The van der Waals surface area contributed by atoms with E-state index < -0.39 is 0 Å². The van der Waals surface area contributed by atoms with Crippen LogP contribution in [0, 0.1) is 0 Å². The first-order valence-electron chi connectivity index (χ1n) is 6.67. The smallest absolute Gasteiger partial charge is 0.0625 e. The summed E-state index contributed by atoms with van der Waals surface area (Å²) in [6, 6.07) is 2.76. The standard InChI is InChI=1S/C13H26N4/c1-5-12-9-13(17(6-2)16-12)10-14-7-8-15-11(3)4/h9,11,14-15H,5-8,10H2,1-4H3. The van der Waals surface area contributed by atoms with Gasteiger partial charge in [-0.3, -0.25) is 4.68 Å². The third-order valence-corrected chi connectivity index (χ3v) is 2.74. The van der Waals surface area contributed by atoms with Gasteiger partial charge in [0.05, 0.1) is 11.4 Å². The number of aryl methyl sites for hydroxylation is 2. The van der Waals surface area contributed by atoms with Crippen molar-refractivity contribution in [3.63, 3.8) is 0 Å². The van der Waals surface area contributed by atoms with Crippen molar-refractivity contribution in [2.24, 2.45) is 0 Å². The third kappa shape index (κ3) is 4.88. The Morgan fingerprint density at radius 3 is 2.65 bits per heavy atom. The van der Waals surface area contributed by atoms with Gasteiger partial charge in [0.15, 0.2) is 0 Å². The zero-order valence-electron chi connectivity index (χ0n) is 11.6. The van der Waals surface area contributed by atoms with E-state index in [0.29, 0.717) is 6.04 Å². The summed E-state index contributed by atoms with van der Waals surface area (Å²) in [6.07, 6.45) is 1.01. The van der Waals surface area contributed by atoms with Crippen LogP contribution in [0.1, 0.15) is 39.1 Å². The molecule has 0 aliphatic heterocycles. The van der Waals surface area contributed by atoms with Gasteiger partial charge in [-0.05, 0) is 19.4 Å². The lowest BCUT2D eigenvalue weighted by Gasteiger charge is -2.09. The molecule has 0 saturated heterocycles. The van der Waals surface area contributed by atoms with Gasteiger partial charge in [-0.1, -0.05) is 20.8 Å². The molecule has 0 aliphatic carbocycles. The summed E-state index contributed by atoms with van der Waals surface area (Å²) >= 11 is 0. The number of nitrogens with one attached hydrogen (secondary N) is 2. The molecule has 1 heterocycles. The Bertz CT molecular complexity index is 317. The molecular formula is C13H26N4. The van der Waals surface area contributed by atoms with E-state index >= 15 is 0 Å². The molecule has 0 amide bonds. The largest absolute Gasteiger partial charge is 0.313 e. The zero-order chi connectivity index (χ0) is 12.7. The Kier molecular flexibility index (Phi) is 6.22. The lowest BCUT2D eigenvalue weighted by Crippen LogP contribution is -2.31. The summed E-state index contributed by atoms with van der Waals surface area (Å²) in [6.45, 7) is 12.5. The maximum absolute atomic E-state index is 4.54. The number of aromatic nitrogens is 2. The van der Waals surface area contributed by atoms with Crippen molar-refractivity contribution in [2.75, 3.05) is 13.1 Å². The minimum atomic E-state index is 0.560. The molecule has 0 aliphatic rings. The van der Waals surface area contributed by atoms with Crippen molar-refractivity contribution >= 4 is 0 Å². The molecule has 98 valence electrons. The maximum atomic E-state index is 4.54. The number of nitrogens with zero attached hydrogens (tertiary/aromatic N) is 2. The highest BCUT2D eigenvalue weighted by Crippen LogP contribution is 2.04. The molecule has 0 radical (unpaired) electrons. The van der Waals surface area contributed by atoms with Crippen LogP contribution in [0.5, 0.6) is 0 Å². The third-order valence-electron chi connectivity index (χ3n) is 2.74. The van der Waals surface area contributed by atoms with Gasteiger partial charge in [0, 0.05) is 32.2 Å². The Labute approximate surface area is 105 Å². The van der Waals surface area contributed by atoms with Crippen molar-refractivity contribution < 1.29 is 0 Å². The number of hydrogen-bond donors (Lipinski definition) is 2. The van der Waals surface area contributed by atoms with Gasteiger partial charge in [0.25, 0.3) is 0 Å². The monoisotopic (exact) mass is 238 g/mol. The minimum absolute atomic E-state index is 0.560. The molecule has 0 spiro atoms. The fourth-order valence-electron chi connectivity index (χ4n) is 1.77. The van der Waals surface area contributed by atoms with Gasteiger partial charge in [-0.25, -0.2) is 0 Å². The number of rotatable bonds is 8. The first-order chi connectivity index (χ1) is 8.17. The van der Waals surface area contributed by atoms with Crippen LogP contribution in [0.4, 0.5) is 0 Å². The predicted octanol–water partition coefficient (Wildman–Crippen LogP) is 1.55. The molecule has 0 unspecified atom stereocenters. The van der Waals surface area contributed by atoms with Crippen LogP contribution in [0.25, 0.3) is 0 Å². The quantitative estimate of drug-likeness (QED) is 0.675. The molecule has 1 aromatic heterocycles.